The number of fused-ring (bicyclic) bond motifs is 1. The zero-order valence-corrected chi connectivity index (χ0v) is 31.9. The van der Waals surface area contributed by atoms with E-state index in [0.717, 1.165) is 46.2 Å². The topological polar surface area (TPSA) is 173 Å². The van der Waals surface area contributed by atoms with Gasteiger partial charge >= 0.3 is 6.03 Å². The summed E-state index contributed by atoms with van der Waals surface area (Å²) in [6, 6.07) is 21.9. The maximum absolute atomic E-state index is 14.4. The number of imide groups is 1. The van der Waals surface area contributed by atoms with E-state index in [4.69, 9.17) is 5.21 Å². The third-order valence-corrected chi connectivity index (χ3v) is 12.7. The standard InChI is InChI=1S/C41H48N6O7S/c1-3-28(2)39(47-27-38(49)46(41(47)51)25-32-20-21-42-35-15-8-7-14-34(32)35)40(50)44-36(22-29-10-5-4-6-11-29)37(48)26-45(24-31-12-9-13-31)55(53,54)33-18-16-30(17-19-33)23-43-52/h4-8,10-11,14-21,23,28,31,36-37,39,48,52H,3,9,12-13,22,24-27H2,1-2H3,(H,44,50)/t28-,36-,37-,39-/m0/s1. The molecule has 0 unspecified atom stereocenters. The second kappa shape index (κ2) is 17.5. The summed E-state index contributed by atoms with van der Waals surface area (Å²) in [5.41, 5.74) is 2.81. The summed E-state index contributed by atoms with van der Waals surface area (Å²) in [5, 5.41) is 27.7. The number of sulfonamides is 1. The summed E-state index contributed by atoms with van der Waals surface area (Å²) >= 11 is 0. The Morgan fingerprint density at radius 3 is 2.42 bits per heavy atom. The lowest BCUT2D eigenvalue weighted by molar-refractivity contribution is -0.129. The minimum atomic E-state index is -4.09. The van der Waals surface area contributed by atoms with E-state index in [9.17, 15) is 27.9 Å². The fraction of sp³-hybridized carbons (Fsp3) is 0.390. The van der Waals surface area contributed by atoms with Crippen LogP contribution in [-0.4, -0.2) is 99.7 Å². The first-order valence-electron chi connectivity index (χ1n) is 18.7. The molecule has 13 nitrogen and oxygen atoms in total. The summed E-state index contributed by atoms with van der Waals surface area (Å²) in [7, 11) is -4.09. The van der Waals surface area contributed by atoms with Crippen LogP contribution in [0.15, 0.2) is 101 Å². The van der Waals surface area contributed by atoms with Gasteiger partial charge in [0, 0.05) is 24.7 Å². The Morgan fingerprint density at radius 2 is 1.75 bits per heavy atom. The highest BCUT2D eigenvalue weighted by atomic mass is 32.2. The Bertz CT molecular complexity index is 2110. The molecular formula is C41H48N6O7S. The van der Waals surface area contributed by atoms with E-state index in [0.29, 0.717) is 12.0 Å². The van der Waals surface area contributed by atoms with Gasteiger partial charge in [0.2, 0.25) is 15.9 Å². The van der Waals surface area contributed by atoms with E-state index in [1.165, 1.54) is 39.7 Å². The highest BCUT2D eigenvalue weighted by Crippen LogP contribution is 2.30. The second-order valence-electron chi connectivity index (χ2n) is 14.5. The van der Waals surface area contributed by atoms with E-state index >= 15 is 0 Å². The number of benzene rings is 3. The molecule has 3 aromatic carbocycles. The lowest BCUT2D eigenvalue weighted by atomic mass is 9.85. The number of hydrogen-bond acceptors (Lipinski definition) is 9. The Kier molecular flexibility index (Phi) is 12.6. The van der Waals surface area contributed by atoms with Crippen LogP contribution >= 0.6 is 0 Å². The number of amides is 4. The number of oxime groups is 1. The molecule has 1 saturated heterocycles. The van der Waals surface area contributed by atoms with Crippen molar-refractivity contribution in [3.8, 4) is 0 Å². The maximum Gasteiger partial charge on any atom is 0.328 e. The molecule has 4 amide bonds. The van der Waals surface area contributed by atoms with Crippen molar-refractivity contribution >= 4 is 45.0 Å². The molecule has 0 bridgehead atoms. The average Bonchev–Trinajstić information content (AvgIpc) is 3.44. The molecule has 1 aliphatic heterocycles. The number of aliphatic hydroxyl groups excluding tert-OH is 1. The fourth-order valence-corrected chi connectivity index (χ4v) is 8.79. The normalized spacial score (nSPS) is 17.5. The number of rotatable bonds is 17. The van der Waals surface area contributed by atoms with Gasteiger partial charge in [-0.3, -0.25) is 19.5 Å². The molecule has 0 radical (unpaired) electrons. The highest BCUT2D eigenvalue weighted by Gasteiger charge is 2.45. The average molecular weight is 769 g/mol. The lowest BCUT2D eigenvalue weighted by Gasteiger charge is -2.36. The summed E-state index contributed by atoms with van der Waals surface area (Å²) in [6.07, 6.45) is 4.92. The van der Waals surface area contributed by atoms with Gasteiger partial charge in [0.1, 0.15) is 12.6 Å². The molecule has 1 saturated carbocycles. The van der Waals surface area contributed by atoms with Crippen LogP contribution in [0.3, 0.4) is 0 Å². The smallest absolute Gasteiger partial charge is 0.328 e. The van der Waals surface area contributed by atoms with E-state index in [1.54, 1.807) is 12.3 Å². The Morgan fingerprint density at radius 1 is 1.04 bits per heavy atom. The number of nitrogens with zero attached hydrogens (tertiary/aromatic N) is 5. The van der Waals surface area contributed by atoms with Crippen LogP contribution < -0.4 is 5.32 Å². The Balaban J connectivity index is 1.25. The molecule has 3 N–H and O–H groups in total. The number of pyridine rings is 1. The predicted octanol–water partition coefficient (Wildman–Crippen LogP) is 4.80. The van der Waals surface area contributed by atoms with Crippen molar-refractivity contribution in [3.05, 3.63) is 108 Å². The second-order valence-corrected chi connectivity index (χ2v) is 16.5. The molecule has 2 heterocycles. The number of carbonyl (C=O) groups is 3. The highest BCUT2D eigenvalue weighted by molar-refractivity contribution is 7.89. The monoisotopic (exact) mass is 768 g/mol. The number of nitrogens with one attached hydrogen (secondary N) is 1. The quantitative estimate of drug-likeness (QED) is 0.0595. The lowest BCUT2D eigenvalue weighted by Crippen LogP contribution is -2.57. The first kappa shape index (κ1) is 39.5. The molecule has 6 rings (SSSR count). The van der Waals surface area contributed by atoms with Gasteiger partial charge in [-0.15, -0.1) is 0 Å². The van der Waals surface area contributed by atoms with Gasteiger partial charge in [-0.1, -0.05) is 92.5 Å². The van der Waals surface area contributed by atoms with Crippen LogP contribution in [-0.2, 0) is 32.6 Å². The number of aromatic nitrogens is 1. The molecule has 4 aromatic rings. The molecule has 290 valence electrons. The minimum Gasteiger partial charge on any atom is -0.411 e. The van der Waals surface area contributed by atoms with Gasteiger partial charge < -0.3 is 20.5 Å². The van der Waals surface area contributed by atoms with Crippen LogP contribution in [0.4, 0.5) is 4.79 Å². The molecule has 0 spiro atoms. The zero-order chi connectivity index (χ0) is 39.1. The number of hydrogen-bond donors (Lipinski definition) is 3. The SMILES string of the molecule is CC[C@H](C)[C@@H](C(=O)N[C@@H](Cc1ccccc1)[C@@H](O)CN(CC1CCC1)S(=O)(=O)c1ccc(C=NO)cc1)N1CC(=O)N(Cc2ccnc3ccccc23)C1=O. The van der Waals surface area contributed by atoms with Crippen molar-refractivity contribution in [3.63, 3.8) is 0 Å². The largest absolute Gasteiger partial charge is 0.411 e. The van der Waals surface area contributed by atoms with Crippen LogP contribution in [0, 0.1) is 11.8 Å². The molecule has 55 heavy (non-hydrogen) atoms. The number of urea groups is 1. The Hall–Kier alpha value is -5.18. The molecule has 1 aromatic heterocycles. The summed E-state index contributed by atoms with van der Waals surface area (Å²) in [5.74, 6) is -1.20. The van der Waals surface area contributed by atoms with Gasteiger partial charge in [-0.25, -0.2) is 13.2 Å². The zero-order valence-electron chi connectivity index (χ0n) is 31.1. The molecular weight excluding hydrogens is 721 g/mol. The van der Waals surface area contributed by atoms with E-state index in [1.807, 2.05) is 68.4 Å². The Labute approximate surface area is 321 Å². The van der Waals surface area contributed by atoms with Crippen molar-refractivity contribution in [2.45, 2.75) is 75.6 Å². The van der Waals surface area contributed by atoms with Crippen molar-refractivity contribution in [2.75, 3.05) is 19.6 Å². The summed E-state index contributed by atoms with van der Waals surface area (Å²) in [4.78, 5) is 48.8. The summed E-state index contributed by atoms with van der Waals surface area (Å²) in [6.45, 7) is 3.38. The van der Waals surface area contributed by atoms with Crippen LogP contribution in [0.1, 0.15) is 56.2 Å². The van der Waals surface area contributed by atoms with Gasteiger partial charge in [0.25, 0.3) is 5.91 Å². The maximum atomic E-state index is 14.4. The number of carbonyl (C=O) groups excluding carboxylic acids is 3. The molecule has 14 heteroatoms. The van der Waals surface area contributed by atoms with E-state index in [-0.39, 0.29) is 49.3 Å². The molecule has 2 aliphatic rings. The van der Waals surface area contributed by atoms with Gasteiger partial charge in [-0.05, 0) is 72.1 Å². The molecule has 2 fully saturated rings. The van der Waals surface area contributed by atoms with Gasteiger partial charge in [-0.2, -0.15) is 4.31 Å². The van der Waals surface area contributed by atoms with Crippen LogP contribution in [0.25, 0.3) is 10.9 Å². The van der Waals surface area contributed by atoms with Crippen LogP contribution in [0.5, 0.6) is 0 Å². The van der Waals surface area contributed by atoms with Crippen molar-refractivity contribution in [2.24, 2.45) is 17.0 Å². The number of para-hydroxylation sites is 1. The van der Waals surface area contributed by atoms with Gasteiger partial charge in [0.15, 0.2) is 0 Å². The van der Waals surface area contributed by atoms with Crippen molar-refractivity contribution in [1.29, 1.82) is 0 Å². The van der Waals surface area contributed by atoms with E-state index in [2.05, 4.69) is 15.5 Å². The molecule has 1 aliphatic carbocycles. The third-order valence-electron chi connectivity index (χ3n) is 10.8. The van der Waals surface area contributed by atoms with Crippen LogP contribution in [0.2, 0.25) is 0 Å². The van der Waals surface area contributed by atoms with E-state index < -0.39 is 46.1 Å². The fourth-order valence-electron chi connectivity index (χ4n) is 7.26. The first-order valence-corrected chi connectivity index (χ1v) is 20.2. The van der Waals surface area contributed by atoms with Gasteiger partial charge in [0.05, 0.1) is 35.3 Å². The number of aliphatic hydroxyl groups is 1. The van der Waals surface area contributed by atoms with Crippen molar-refractivity contribution < 1.29 is 33.1 Å². The third kappa shape index (κ3) is 9.04. The molecule has 4 atom stereocenters. The summed E-state index contributed by atoms with van der Waals surface area (Å²) < 4.78 is 29.5. The first-order chi connectivity index (χ1) is 26.5. The minimum absolute atomic E-state index is 0.0183. The predicted molar refractivity (Wildman–Crippen MR) is 208 cm³/mol. The van der Waals surface area contributed by atoms with Crippen molar-refractivity contribution in [1.82, 2.24) is 24.4 Å².